The van der Waals surface area contributed by atoms with E-state index in [-0.39, 0.29) is 42.5 Å². The minimum atomic E-state index is -0.429. The second kappa shape index (κ2) is 9.71. The highest BCUT2D eigenvalue weighted by Gasteiger charge is 2.37. The number of ether oxygens (including phenoxy) is 1. The van der Waals surface area contributed by atoms with Crippen molar-refractivity contribution >= 4 is 23.6 Å². The predicted octanol–water partition coefficient (Wildman–Crippen LogP) is 0.258. The fraction of sp³-hybridized carbons (Fsp3) is 0.524. The van der Waals surface area contributed by atoms with Crippen molar-refractivity contribution in [2.45, 2.75) is 50.7 Å². The molecule has 2 heterocycles. The number of hydrogen-bond donors (Lipinski definition) is 3. The van der Waals surface area contributed by atoms with Gasteiger partial charge in [0.15, 0.2) is 0 Å². The van der Waals surface area contributed by atoms with Crippen molar-refractivity contribution in [3.63, 3.8) is 0 Å². The Bertz CT molecular complexity index is 802. The molecule has 0 spiro atoms. The molecule has 4 amide bonds. The molecule has 0 aromatic heterocycles. The SMILES string of the molecule is COc1ccc(C(CC(=O)NC2CCN(C3CC(=O)NC3=O)CC2)NC(C)=O)cc1. The van der Waals surface area contributed by atoms with E-state index < -0.39 is 12.1 Å². The molecule has 0 radical (unpaired) electrons. The number of piperidine rings is 1. The van der Waals surface area contributed by atoms with E-state index in [0.717, 1.165) is 5.56 Å². The van der Waals surface area contributed by atoms with E-state index in [2.05, 4.69) is 16.0 Å². The molecule has 3 N–H and O–H groups in total. The van der Waals surface area contributed by atoms with Crippen LogP contribution in [0, 0.1) is 0 Å². The van der Waals surface area contributed by atoms with Crippen LogP contribution in [0.5, 0.6) is 5.75 Å². The Morgan fingerprint density at radius 2 is 1.87 bits per heavy atom. The number of amides is 4. The summed E-state index contributed by atoms with van der Waals surface area (Å²) in [6.07, 6.45) is 1.75. The molecule has 1 aromatic rings. The van der Waals surface area contributed by atoms with Crippen molar-refractivity contribution in [2.24, 2.45) is 0 Å². The molecule has 2 saturated heterocycles. The van der Waals surface area contributed by atoms with Crippen LogP contribution in [0.15, 0.2) is 24.3 Å². The summed E-state index contributed by atoms with van der Waals surface area (Å²) in [6, 6.07) is 6.43. The third kappa shape index (κ3) is 5.56. The summed E-state index contributed by atoms with van der Waals surface area (Å²) in [5, 5.41) is 8.20. The number of nitrogens with zero attached hydrogens (tertiary/aromatic N) is 1. The van der Waals surface area contributed by atoms with E-state index in [1.54, 1.807) is 19.2 Å². The lowest BCUT2D eigenvalue weighted by molar-refractivity contribution is -0.127. The topological polar surface area (TPSA) is 117 Å². The zero-order valence-electron chi connectivity index (χ0n) is 17.3. The third-order valence-electron chi connectivity index (χ3n) is 5.56. The molecule has 3 rings (SSSR count). The molecule has 0 saturated carbocycles. The molecule has 0 bridgehead atoms. The van der Waals surface area contributed by atoms with Gasteiger partial charge in [0.25, 0.3) is 0 Å². The van der Waals surface area contributed by atoms with Crippen molar-refractivity contribution in [3.05, 3.63) is 29.8 Å². The van der Waals surface area contributed by atoms with Gasteiger partial charge in [-0.05, 0) is 30.5 Å². The number of hydrogen-bond acceptors (Lipinski definition) is 6. The minimum absolute atomic E-state index is 0.00256. The Morgan fingerprint density at radius 3 is 2.40 bits per heavy atom. The van der Waals surface area contributed by atoms with Crippen molar-refractivity contribution < 1.29 is 23.9 Å². The average molecular weight is 416 g/mol. The lowest BCUT2D eigenvalue weighted by Crippen LogP contribution is -2.50. The van der Waals surface area contributed by atoms with Crippen molar-refractivity contribution in [3.8, 4) is 5.75 Å². The van der Waals surface area contributed by atoms with Crippen molar-refractivity contribution in [2.75, 3.05) is 20.2 Å². The third-order valence-corrected chi connectivity index (χ3v) is 5.56. The molecule has 162 valence electrons. The number of likely N-dealkylation sites (tertiary alicyclic amines) is 1. The Morgan fingerprint density at radius 1 is 1.20 bits per heavy atom. The van der Waals surface area contributed by atoms with E-state index >= 15 is 0 Å². The summed E-state index contributed by atoms with van der Waals surface area (Å²) in [4.78, 5) is 49.5. The van der Waals surface area contributed by atoms with Gasteiger partial charge in [-0.2, -0.15) is 0 Å². The van der Waals surface area contributed by atoms with Crippen LogP contribution >= 0.6 is 0 Å². The molecule has 1 aromatic carbocycles. The van der Waals surface area contributed by atoms with Gasteiger partial charge in [0, 0.05) is 26.1 Å². The van der Waals surface area contributed by atoms with Crippen LogP contribution in [0.2, 0.25) is 0 Å². The molecule has 9 nitrogen and oxygen atoms in total. The Balaban J connectivity index is 1.52. The van der Waals surface area contributed by atoms with Gasteiger partial charge in [-0.25, -0.2) is 0 Å². The predicted molar refractivity (Wildman–Crippen MR) is 108 cm³/mol. The zero-order chi connectivity index (χ0) is 21.7. The highest BCUT2D eigenvalue weighted by atomic mass is 16.5. The van der Waals surface area contributed by atoms with E-state index in [0.29, 0.717) is 31.7 Å². The first kappa shape index (κ1) is 21.8. The van der Waals surface area contributed by atoms with Gasteiger partial charge >= 0.3 is 0 Å². The molecule has 2 unspecified atom stereocenters. The standard InChI is InChI=1S/C21H28N4O5/c1-13(26)22-17(14-3-5-16(30-2)6-4-14)11-19(27)23-15-7-9-25(10-8-15)18-12-20(28)24-21(18)29/h3-6,15,17-18H,7-12H2,1-2H3,(H,22,26)(H,23,27)(H,24,28,29). The van der Waals surface area contributed by atoms with Crippen LogP contribution in [0.1, 0.15) is 44.2 Å². The normalized spacial score (nSPS) is 21.1. The second-order valence-corrected chi connectivity index (χ2v) is 7.74. The smallest absolute Gasteiger partial charge is 0.244 e. The molecule has 30 heavy (non-hydrogen) atoms. The van der Waals surface area contributed by atoms with Crippen LogP contribution < -0.4 is 20.7 Å². The molecule has 2 atom stereocenters. The largest absolute Gasteiger partial charge is 0.497 e. The first-order chi connectivity index (χ1) is 14.4. The maximum absolute atomic E-state index is 12.6. The molecule has 9 heteroatoms. The van der Waals surface area contributed by atoms with E-state index in [4.69, 9.17) is 4.74 Å². The number of rotatable bonds is 7. The van der Waals surface area contributed by atoms with Crippen LogP contribution in [0.3, 0.4) is 0 Å². The Labute approximate surface area is 175 Å². The van der Waals surface area contributed by atoms with Gasteiger partial charge < -0.3 is 15.4 Å². The van der Waals surface area contributed by atoms with Crippen molar-refractivity contribution in [1.29, 1.82) is 0 Å². The average Bonchev–Trinajstić information content (AvgIpc) is 3.06. The number of nitrogens with one attached hydrogen (secondary N) is 3. The number of carbonyl (C=O) groups is 4. The van der Waals surface area contributed by atoms with Crippen LogP contribution in [0.25, 0.3) is 0 Å². The summed E-state index contributed by atoms with van der Waals surface area (Å²) < 4.78 is 5.16. The number of imide groups is 1. The second-order valence-electron chi connectivity index (χ2n) is 7.74. The number of methoxy groups -OCH3 is 1. The van der Waals surface area contributed by atoms with Gasteiger partial charge in [0.1, 0.15) is 5.75 Å². The number of carbonyl (C=O) groups excluding carboxylic acids is 4. The molecule has 0 aliphatic carbocycles. The Kier molecular flexibility index (Phi) is 7.04. The van der Waals surface area contributed by atoms with Gasteiger partial charge in [0.05, 0.1) is 32.0 Å². The minimum Gasteiger partial charge on any atom is -0.497 e. The van der Waals surface area contributed by atoms with E-state index in [1.807, 2.05) is 17.0 Å². The lowest BCUT2D eigenvalue weighted by Gasteiger charge is -2.34. The highest BCUT2D eigenvalue weighted by Crippen LogP contribution is 2.22. The van der Waals surface area contributed by atoms with Crippen LogP contribution in [-0.4, -0.2) is 60.8 Å². The first-order valence-corrected chi connectivity index (χ1v) is 10.1. The monoisotopic (exact) mass is 416 g/mol. The van der Waals surface area contributed by atoms with Gasteiger partial charge in [-0.1, -0.05) is 12.1 Å². The van der Waals surface area contributed by atoms with Gasteiger partial charge in [0.2, 0.25) is 23.6 Å². The molecule has 2 aliphatic heterocycles. The molecule has 2 fully saturated rings. The van der Waals surface area contributed by atoms with Crippen LogP contribution in [-0.2, 0) is 19.2 Å². The summed E-state index contributed by atoms with van der Waals surface area (Å²) in [6.45, 7) is 2.71. The Hall–Kier alpha value is -2.94. The number of benzene rings is 1. The fourth-order valence-corrected chi connectivity index (χ4v) is 4.00. The summed E-state index contributed by atoms with van der Waals surface area (Å²) in [5.74, 6) is -0.115. The summed E-state index contributed by atoms with van der Waals surface area (Å²) in [5.41, 5.74) is 0.827. The highest BCUT2D eigenvalue weighted by molar-refractivity contribution is 6.05. The molecular weight excluding hydrogens is 388 g/mol. The summed E-state index contributed by atoms with van der Waals surface area (Å²) >= 11 is 0. The maximum Gasteiger partial charge on any atom is 0.244 e. The zero-order valence-corrected chi connectivity index (χ0v) is 17.3. The van der Waals surface area contributed by atoms with Crippen molar-refractivity contribution in [1.82, 2.24) is 20.9 Å². The molecule has 2 aliphatic rings. The first-order valence-electron chi connectivity index (χ1n) is 10.1. The van der Waals surface area contributed by atoms with Gasteiger partial charge in [-0.15, -0.1) is 0 Å². The maximum atomic E-state index is 12.6. The lowest BCUT2D eigenvalue weighted by atomic mass is 10.00. The quantitative estimate of drug-likeness (QED) is 0.549. The van der Waals surface area contributed by atoms with Crippen LogP contribution in [0.4, 0.5) is 0 Å². The van der Waals surface area contributed by atoms with Gasteiger partial charge in [-0.3, -0.25) is 29.4 Å². The van der Waals surface area contributed by atoms with E-state index in [9.17, 15) is 19.2 Å². The van der Waals surface area contributed by atoms with E-state index in [1.165, 1.54) is 6.92 Å². The molecular formula is C21H28N4O5. The fourth-order valence-electron chi connectivity index (χ4n) is 4.00. The summed E-state index contributed by atoms with van der Waals surface area (Å²) in [7, 11) is 1.58.